The third kappa shape index (κ3) is 4.42. The fourth-order valence-electron chi connectivity index (χ4n) is 4.14. The van der Waals surface area contributed by atoms with Crippen molar-refractivity contribution >= 4 is 17.5 Å². The van der Waals surface area contributed by atoms with E-state index in [9.17, 15) is 9.59 Å². The average Bonchev–Trinajstić information content (AvgIpc) is 2.92. The molecule has 0 aromatic heterocycles. The highest BCUT2D eigenvalue weighted by Crippen LogP contribution is 2.29. The summed E-state index contributed by atoms with van der Waals surface area (Å²) < 4.78 is 0. The number of hydrogen-bond acceptors (Lipinski definition) is 2. The van der Waals surface area contributed by atoms with E-state index in [-0.39, 0.29) is 23.8 Å². The molecule has 4 heteroatoms. The van der Waals surface area contributed by atoms with Gasteiger partial charge in [-0.05, 0) is 38.3 Å². The number of nitrogens with one attached hydrogen (secondary N) is 1. The summed E-state index contributed by atoms with van der Waals surface area (Å²) in [6, 6.07) is 6.40. The van der Waals surface area contributed by atoms with Crippen LogP contribution >= 0.6 is 0 Å². The van der Waals surface area contributed by atoms with Crippen LogP contribution in [0.2, 0.25) is 0 Å². The van der Waals surface area contributed by atoms with Crippen LogP contribution in [0, 0.1) is 19.8 Å². The van der Waals surface area contributed by atoms with Crippen molar-refractivity contribution in [2.45, 2.75) is 71.3 Å². The largest absolute Gasteiger partial charge is 0.353 e. The Labute approximate surface area is 151 Å². The molecule has 1 aliphatic heterocycles. The monoisotopic (exact) mass is 342 g/mol. The van der Waals surface area contributed by atoms with Gasteiger partial charge in [-0.15, -0.1) is 0 Å². The van der Waals surface area contributed by atoms with Crippen molar-refractivity contribution in [2.24, 2.45) is 5.92 Å². The predicted molar refractivity (Wildman–Crippen MR) is 101 cm³/mol. The first-order valence-electron chi connectivity index (χ1n) is 9.72. The van der Waals surface area contributed by atoms with Gasteiger partial charge in [-0.1, -0.05) is 49.8 Å². The van der Waals surface area contributed by atoms with Gasteiger partial charge < -0.3 is 10.2 Å². The molecule has 25 heavy (non-hydrogen) atoms. The number of anilines is 1. The molecule has 1 N–H and O–H groups in total. The zero-order chi connectivity index (χ0) is 17.8. The predicted octanol–water partition coefficient (Wildman–Crippen LogP) is 3.89. The lowest BCUT2D eigenvalue weighted by molar-refractivity contribution is -0.127. The average molecular weight is 342 g/mol. The normalized spacial score (nSPS) is 22.6. The second-order valence-corrected chi connectivity index (χ2v) is 7.75. The van der Waals surface area contributed by atoms with Gasteiger partial charge in [0, 0.05) is 24.7 Å². The number of amides is 2. The zero-order valence-corrected chi connectivity index (χ0v) is 15.5. The standard InChI is InChI=1S/C21H30N2O2/c1-15-10-11-19(16(2)12-15)23-14-17(13-20(23)24)21(25)22-18-8-6-4-3-5-7-9-18/h10-12,17-18H,3-9,13-14H2,1-2H3,(H,22,25). The van der Waals surface area contributed by atoms with Gasteiger partial charge in [0.2, 0.25) is 11.8 Å². The van der Waals surface area contributed by atoms with Gasteiger partial charge in [0.05, 0.1) is 5.92 Å². The zero-order valence-electron chi connectivity index (χ0n) is 15.5. The van der Waals surface area contributed by atoms with Crippen molar-refractivity contribution in [1.82, 2.24) is 5.32 Å². The maximum atomic E-state index is 12.7. The molecule has 1 heterocycles. The maximum Gasteiger partial charge on any atom is 0.227 e. The van der Waals surface area contributed by atoms with E-state index in [0.717, 1.165) is 24.1 Å². The molecule has 4 nitrogen and oxygen atoms in total. The summed E-state index contributed by atoms with van der Waals surface area (Å²) in [5.74, 6) is -0.102. The molecule has 1 aliphatic carbocycles. The van der Waals surface area contributed by atoms with Crippen LogP contribution in [0.1, 0.15) is 62.5 Å². The Morgan fingerprint density at radius 2 is 1.76 bits per heavy atom. The number of benzene rings is 1. The summed E-state index contributed by atoms with van der Waals surface area (Å²) in [7, 11) is 0. The van der Waals surface area contributed by atoms with Crippen LogP contribution in [-0.2, 0) is 9.59 Å². The maximum absolute atomic E-state index is 12.7. The number of carbonyl (C=O) groups excluding carboxylic acids is 2. The van der Waals surface area contributed by atoms with E-state index in [1.807, 2.05) is 26.0 Å². The number of hydrogen-bond donors (Lipinski definition) is 1. The van der Waals surface area contributed by atoms with Gasteiger partial charge >= 0.3 is 0 Å². The van der Waals surface area contributed by atoms with Gasteiger partial charge in [-0.3, -0.25) is 9.59 Å². The summed E-state index contributed by atoms with van der Waals surface area (Å²) in [6.07, 6.45) is 8.74. The Hall–Kier alpha value is -1.84. The quantitative estimate of drug-likeness (QED) is 0.906. The highest BCUT2D eigenvalue weighted by atomic mass is 16.2. The summed E-state index contributed by atoms with van der Waals surface area (Å²) in [6.45, 7) is 4.58. The molecule has 3 rings (SSSR count). The molecule has 1 aromatic rings. The van der Waals surface area contributed by atoms with Gasteiger partial charge in [0.1, 0.15) is 0 Å². The molecule has 2 amide bonds. The molecular weight excluding hydrogens is 312 g/mol. The SMILES string of the molecule is Cc1ccc(N2CC(C(=O)NC3CCCCCCC3)CC2=O)c(C)c1. The van der Waals surface area contributed by atoms with E-state index < -0.39 is 0 Å². The molecule has 2 aliphatic rings. The third-order valence-corrected chi connectivity index (χ3v) is 5.59. The van der Waals surface area contributed by atoms with Gasteiger partial charge in [0.15, 0.2) is 0 Å². The molecule has 1 unspecified atom stereocenters. The molecular formula is C21H30N2O2. The number of aryl methyl sites for hydroxylation is 2. The lowest BCUT2D eigenvalue weighted by atomic mass is 9.96. The first kappa shape index (κ1) is 18.0. The van der Waals surface area contributed by atoms with Crippen LogP contribution in [0.15, 0.2) is 18.2 Å². The molecule has 1 saturated carbocycles. The second kappa shape index (κ2) is 8.03. The van der Waals surface area contributed by atoms with Crippen molar-refractivity contribution in [2.75, 3.05) is 11.4 Å². The minimum Gasteiger partial charge on any atom is -0.353 e. The van der Waals surface area contributed by atoms with Crippen LogP contribution in [0.4, 0.5) is 5.69 Å². The highest BCUT2D eigenvalue weighted by Gasteiger charge is 2.36. The molecule has 0 bridgehead atoms. The van der Waals surface area contributed by atoms with Gasteiger partial charge in [0.25, 0.3) is 0 Å². The molecule has 1 aromatic carbocycles. The summed E-state index contributed by atoms with van der Waals surface area (Å²) >= 11 is 0. The fraction of sp³-hybridized carbons (Fsp3) is 0.619. The molecule has 0 spiro atoms. The Balaban J connectivity index is 1.62. The van der Waals surface area contributed by atoms with E-state index in [0.29, 0.717) is 13.0 Å². The van der Waals surface area contributed by atoms with E-state index in [4.69, 9.17) is 0 Å². The summed E-state index contributed by atoms with van der Waals surface area (Å²) in [4.78, 5) is 26.9. The highest BCUT2D eigenvalue weighted by molar-refractivity contribution is 6.00. The Kier molecular flexibility index (Phi) is 5.77. The van der Waals surface area contributed by atoms with Crippen LogP contribution in [0.3, 0.4) is 0 Å². The van der Waals surface area contributed by atoms with Crippen molar-refractivity contribution in [3.05, 3.63) is 29.3 Å². The van der Waals surface area contributed by atoms with E-state index in [2.05, 4.69) is 11.4 Å². The first-order valence-corrected chi connectivity index (χ1v) is 9.72. The van der Waals surface area contributed by atoms with Crippen LogP contribution in [-0.4, -0.2) is 24.4 Å². The number of carbonyl (C=O) groups is 2. The smallest absolute Gasteiger partial charge is 0.227 e. The molecule has 0 radical (unpaired) electrons. The fourth-order valence-corrected chi connectivity index (χ4v) is 4.14. The second-order valence-electron chi connectivity index (χ2n) is 7.75. The number of nitrogens with zero attached hydrogens (tertiary/aromatic N) is 1. The minimum absolute atomic E-state index is 0.0600. The van der Waals surface area contributed by atoms with Crippen LogP contribution < -0.4 is 10.2 Å². The third-order valence-electron chi connectivity index (χ3n) is 5.59. The number of rotatable bonds is 3. The summed E-state index contributed by atoms with van der Waals surface area (Å²) in [5, 5.41) is 3.23. The van der Waals surface area contributed by atoms with Gasteiger partial charge in [-0.2, -0.15) is 0 Å². The van der Waals surface area contributed by atoms with Crippen molar-refractivity contribution in [3.63, 3.8) is 0 Å². The van der Waals surface area contributed by atoms with Crippen LogP contribution in [0.5, 0.6) is 0 Å². The van der Waals surface area contributed by atoms with E-state index >= 15 is 0 Å². The molecule has 136 valence electrons. The van der Waals surface area contributed by atoms with E-state index in [1.54, 1.807) is 4.90 Å². The molecule has 1 atom stereocenters. The Bertz CT molecular complexity index is 633. The summed E-state index contributed by atoms with van der Waals surface area (Å²) in [5.41, 5.74) is 3.22. The molecule has 2 fully saturated rings. The topological polar surface area (TPSA) is 49.4 Å². The lowest BCUT2D eigenvalue weighted by Gasteiger charge is -2.23. The minimum atomic E-state index is -0.223. The lowest BCUT2D eigenvalue weighted by Crippen LogP contribution is -2.40. The Morgan fingerprint density at radius 1 is 1.08 bits per heavy atom. The first-order chi connectivity index (χ1) is 12.0. The van der Waals surface area contributed by atoms with Gasteiger partial charge in [-0.25, -0.2) is 0 Å². The molecule has 1 saturated heterocycles. The van der Waals surface area contributed by atoms with Crippen molar-refractivity contribution in [3.8, 4) is 0 Å². The van der Waals surface area contributed by atoms with Crippen LogP contribution in [0.25, 0.3) is 0 Å². The van der Waals surface area contributed by atoms with E-state index in [1.165, 1.54) is 37.7 Å². The Morgan fingerprint density at radius 3 is 2.44 bits per heavy atom. The van der Waals surface area contributed by atoms with Crippen molar-refractivity contribution in [1.29, 1.82) is 0 Å². The van der Waals surface area contributed by atoms with Crippen molar-refractivity contribution < 1.29 is 9.59 Å².